The molecule has 0 aliphatic rings. The fraction of sp³-hybridized carbons (Fsp3) is 0.207. The first kappa shape index (κ1) is 26.0. The summed E-state index contributed by atoms with van der Waals surface area (Å²) in [5, 5.41) is 19.7. The molecular weight excluding hydrogens is 492 g/mol. The molecule has 1 aromatic heterocycles. The summed E-state index contributed by atoms with van der Waals surface area (Å²) in [6.45, 7) is 2.44. The van der Waals surface area contributed by atoms with Gasteiger partial charge in [-0.05, 0) is 41.3 Å². The first-order chi connectivity index (χ1) is 17.9. The van der Waals surface area contributed by atoms with Gasteiger partial charge in [0, 0.05) is 13.0 Å². The van der Waals surface area contributed by atoms with Gasteiger partial charge < -0.3 is 19.5 Å². The van der Waals surface area contributed by atoms with Gasteiger partial charge in [0.15, 0.2) is 5.15 Å². The van der Waals surface area contributed by atoms with Crippen LogP contribution in [0.3, 0.4) is 0 Å². The number of nitrogens with zero attached hydrogens (tertiary/aromatic N) is 2. The van der Waals surface area contributed by atoms with Crippen LogP contribution < -0.4 is 4.74 Å². The summed E-state index contributed by atoms with van der Waals surface area (Å²) < 4.78 is 7.82. The van der Waals surface area contributed by atoms with Crippen LogP contribution in [0.1, 0.15) is 57.6 Å². The van der Waals surface area contributed by atoms with Crippen molar-refractivity contribution in [2.75, 3.05) is 0 Å². The van der Waals surface area contributed by atoms with Crippen LogP contribution in [0.2, 0.25) is 5.15 Å². The van der Waals surface area contributed by atoms with E-state index in [9.17, 15) is 19.8 Å². The van der Waals surface area contributed by atoms with Gasteiger partial charge in [-0.2, -0.15) is 0 Å². The summed E-state index contributed by atoms with van der Waals surface area (Å²) in [4.78, 5) is 28.2. The predicted molar refractivity (Wildman–Crippen MR) is 142 cm³/mol. The SMILES string of the molecule is CCCCc1nc(Cl)c(COc2ccccc2C(=O)O)n1Cc1ccc(-c2ccccc2)c(C(=O)O)c1. The highest BCUT2D eigenvalue weighted by atomic mass is 35.5. The van der Waals surface area contributed by atoms with Crippen LogP contribution in [-0.2, 0) is 19.6 Å². The molecule has 1 heterocycles. The van der Waals surface area contributed by atoms with E-state index in [4.69, 9.17) is 16.3 Å². The number of carboxylic acid groups (broad SMARTS) is 2. The summed E-state index contributed by atoms with van der Waals surface area (Å²) >= 11 is 6.53. The smallest absolute Gasteiger partial charge is 0.339 e. The van der Waals surface area contributed by atoms with Crippen LogP contribution in [0.25, 0.3) is 11.1 Å². The zero-order valence-corrected chi connectivity index (χ0v) is 21.1. The first-order valence-electron chi connectivity index (χ1n) is 12.0. The number of carbonyl (C=O) groups is 2. The quantitative estimate of drug-likeness (QED) is 0.233. The molecule has 0 aliphatic heterocycles. The van der Waals surface area contributed by atoms with Crippen molar-refractivity contribution in [3.05, 3.63) is 106 Å². The number of aromatic nitrogens is 2. The lowest BCUT2D eigenvalue weighted by atomic mass is 9.97. The van der Waals surface area contributed by atoms with E-state index >= 15 is 0 Å². The standard InChI is InChI=1S/C29H27ClN2O5/c1-2-3-13-26-31-27(30)24(18-37-25-12-8-7-11-22(25)28(33)34)32(26)17-19-14-15-21(23(16-19)29(35)36)20-9-5-4-6-10-20/h4-12,14-16H,2-3,13,17-18H2,1H3,(H,33,34)(H,35,36). The van der Waals surface area contributed by atoms with Crippen molar-refractivity contribution in [2.24, 2.45) is 0 Å². The van der Waals surface area contributed by atoms with Crippen LogP contribution >= 0.6 is 11.6 Å². The van der Waals surface area contributed by atoms with Gasteiger partial charge in [-0.15, -0.1) is 0 Å². The van der Waals surface area contributed by atoms with Crippen molar-refractivity contribution in [1.29, 1.82) is 0 Å². The highest BCUT2D eigenvalue weighted by molar-refractivity contribution is 6.30. The van der Waals surface area contributed by atoms with E-state index in [2.05, 4.69) is 11.9 Å². The molecule has 0 spiro atoms. The van der Waals surface area contributed by atoms with Gasteiger partial charge in [0.1, 0.15) is 23.7 Å². The molecule has 0 saturated carbocycles. The van der Waals surface area contributed by atoms with Crippen molar-refractivity contribution in [2.45, 2.75) is 39.3 Å². The molecule has 2 N–H and O–H groups in total. The van der Waals surface area contributed by atoms with Gasteiger partial charge in [-0.25, -0.2) is 14.6 Å². The number of halogens is 1. The van der Waals surface area contributed by atoms with Crippen molar-refractivity contribution in [3.63, 3.8) is 0 Å². The van der Waals surface area contributed by atoms with E-state index in [1.165, 1.54) is 6.07 Å². The average molecular weight is 519 g/mol. The zero-order chi connectivity index (χ0) is 26.4. The Morgan fingerprint density at radius 3 is 2.35 bits per heavy atom. The minimum absolute atomic E-state index is 0.0101. The molecule has 190 valence electrons. The van der Waals surface area contributed by atoms with Crippen molar-refractivity contribution in [3.8, 4) is 16.9 Å². The highest BCUT2D eigenvalue weighted by Gasteiger charge is 2.20. The Labute approximate surface area is 219 Å². The number of rotatable bonds is 11. The number of para-hydroxylation sites is 1. The fourth-order valence-corrected chi connectivity index (χ4v) is 4.44. The van der Waals surface area contributed by atoms with Gasteiger partial charge in [-0.3, -0.25) is 0 Å². The van der Waals surface area contributed by atoms with E-state index in [1.807, 2.05) is 47.0 Å². The normalized spacial score (nSPS) is 10.9. The highest BCUT2D eigenvalue weighted by Crippen LogP contribution is 2.28. The summed E-state index contributed by atoms with van der Waals surface area (Å²) in [6.07, 6.45) is 2.57. The number of aromatic carboxylic acids is 2. The number of unbranched alkanes of at least 4 members (excludes halogenated alkanes) is 1. The maximum atomic E-state index is 12.1. The lowest BCUT2D eigenvalue weighted by Crippen LogP contribution is -2.13. The molecule has 0 fully saturated rings. The minimum atomic E-state index is -1.08. The molecule has 0 saturated heterocycles. The molecule has 3 aromatic carbocycles. The lowest BCUT2D eigenvalue weighted by Gasteiger charge is -2.15. The van der Waals surface area contributed by atoms with Crippen LogP contribution in [0, 0.1) is 0 Å². The van der Waals surface area contributed by atoms with Crippen molar-refractivity contribution < 1.29 is 24.5 Å². The number of hydrogen-bond acceptors (Lipinski definition) is 4. The van der Waals surface area contributed by atoms with Crippen molar-refractivity contribution in [1.82, 2.24) is 9.55 Å². The Balaban J connectivity index is 1.69. The molecule has 0 atom stereocenters. The molecular formula is C29H27ClN2O5. The number of ether oxygens (including phenoxy) is 1. The van der Waals surface area contributed by atoms with E-state index in [0.29, 0.717) is 24.2 Å². The number of imidazole rings is 1. The molecule has 0 unspecified atom stereocenters. The number of benzene rings is 3. The molecule has 4 rings (SSSR count). The Kier molecular flexibility index (Phi) is 8.25. The molecule has 8 heteroatoms. The van der Waals surface area contributed by atoms with Gasteiger partial charge in [0.25, 0.3) is 0 Å². The van der Waals surface area contributed by atoms with E-state index in [1.54, 1.807) is 24.3 Å². The second-order valence-corrected chi connectivity index (χ2v) is 8.95. The van der Waals surface area contributed by atoms with Crippen LogP contribution in [0.15, 0.2) is 72.8 Å². The Morgan fingerprint density at radius 2 is 1.65 bits per heavy atom. The molecule has 4 aromatic rings. The lowest BCUT2D eigenvalue weighted by molar-refractivity contribution is 0.0683. The average Bonchev–Trinajstić information content (AvgIpc) is 3.20. The monoisotopic (exact) mass is 518 g/mol. The van der Waals surface area contributed by atoms with Gasteiger partial charge in [0.05, 0.1) is 11.3 Å². The fourth-order valence-electron chi connectivity index (χ4n) is 4.19. The maximum absolute atomic E-state index is 12.1. The topological polar surface area (TPSA) is 102 Å². The van der Waals surface area contributed by atoms with E-state index < -0.39 is 11.9 Å². The Bertz CT molecular complexity index is 1420. The third-order valence-corrected chi connectivity index (χ3v) is 6.38. The second-order valence-electron chi connectivity index (χ2n) is 8.60. The largest absolute Gasteiger partial charge is 0.486 e. The number of aryl methyl sites for hydroxylation is 1. The summed E-state index contributed by atoms with van der Waals surface area (Å²) in [6, 6.07) is 21.2. The van der Waals surface area contributed by atoms with E-state index in [0.717, 1.165) is 29.8 Å². The molecule has 0 aliphatic carbocycles. The molecule has 0 radical (unpaired) electrons. The number of carboxylic acids is 2. The minimum Gasteiger partial charge on any atom is -0.486 e. The summed E-state index contributed by atoms with van der Waals surface area (Å²) in [5.74, 6) is -1.10. The summed E-state index contributed by atoms with van der Waals surface area (Å²) in [5.41, 5.74) is 3.09. The zero-order valence-electron chi connectivity index (χ0n) is 20.4. The van der Waals surface area contributed by atoms with Gasteiger partial charge in [0.2, 0.25) is 0 Å². The molecule has 7 nitrogen and oxygen atoms in total. The van der Waals surface area contributed by atoms with Crippen LogP contribution in [0.4, 0.5) is 0 Å². The summed E-state index contributed by atoms with van der Waals surface area (Å²) in [7, 11) is 0. The second kappa shape index (κ2) is 11.8. The maximum Gasteiger partial charge on any atom is 0.339 e. The number of hydrogen-bond donors (Lipinski definition) is 2. The molecule has 37 heavy (non-hydrogen) atoms. The Hall–Kier alpha value is -4.10. The Morgan fingerprint density at radius 1 is 0.946 bits per heavy atom. The first-order valence-corrected chi connectivity index (χ1v) is 12.4. The van der Waals surface area contributed by atoms with E-state index in [-0.39, 0.29) is 28.6 Å². The van der Waals surface area contributed by atoms with Gasteiger partial charge in [-0.1, -0.05) is 79.5 Å². The van der Waals surface area contributed by atoms with Crippen molar-refractivity contribution >= 4 is 23.5 Å². The molecule has 0 bridgehead atoms. The van der Waals surface area contributed by atoms with Crippen LogP contribution in [0.5, 0.6) is 5.75 Å². The van der Waals surface area contributed by atoms with Crippen LogP contribution in [-0.4, -0.2) is 31.7 Å². The molecule has 0 amide bonds. The third-order valence-electron chi connectivity index (χ3n) is 6.08. The predicted octanol–water partition coefficient (Wildman–Crippen LogP) is 6.57. The third kappa shape index (κ3) is 6.01. The van der Waals surface area contributed by atoms with Gasteiger partial charge >= 0.3 is 11.9 Å².